The van der Waals surface area contributed by atoms with Gasteiger partial charge in [-0.3, -0.25) is 4.79 Å². The number of nitrogens with one attached hydrogen (secondary N) is 1. The Morgan fingerprint density at radius 1 is 1.23 bits per heavy atom. The van der Waals surface area contributed by atoms with Gasteiger partial charge in [0.2, 0.25) is 0 Å². The Balaban J connectivity index is 1.59. The average molecular weight is 298 g/mol. The molecular weight excluding hydrogens is 283 g/mol. The van der Waals surface area contributed by atoms with Crippen molar-refractivity contribution in [1.82, 2.24) is 10.3 Å². The zero-order chi connectivity index (χ0) is 15.5. The first-order chi connectivity index (χ1) is 10.6. The van der Waals surface area contributed by atoms with Gasteiger partial charge in [0.05, 0.1) is 0 Å². The van der Waals surface area contributed by atoms with Crippen molar-refractivity contribution < 1.29 is 13.6 Å². The van der Waals surface area contributed by atoms with Crippen LogP contribution in [0, 0.1) is 12.7 Å². The number of halogens is 1. The number of benzene rings is 2. The maximum Gasteiger partial charge on any atom is 0.251 e. The molecule has 1 heterocycles. The molecule has 1 N–H and O–H groups in total. The van der Waals surface area contributed by atoms with Gasteiger partial charge in [-0.1, -0.05) is 6.07 Å². The third-order valence-corrected chi connectivity index (χ3v) is 3.37. The molecule has 2 aromatic carbocycles. The van der Waals surface area contributed by atoms with Crippen LogP contribution in [0.3, 0.4) is 0 Å². The molecule has 22 heavy (non-hydrogen) atoms. The van der Waals surface area contributed by atoms with Gasteiger partial charge >= 0.3 is 0 Å². The highest BCUT2D eigenvalue weighted by Crippen LogP contribution is 2.17. The van der Waals surface area contributed by atoms with Gasteiger partial charge in [0.25, 0.3) is 5.91 Å². The van der Waals surface area contributed by atoms with Crippen LogP contribution in [-0.2, 0) is 6.42 Å². The fourth-order valence-corrected chi connectivity index (χ4v) is 2.26. The third kappa shape index (κ3) is 3.14. The first-order valence-corrected chi connectivity index (χ1v) is 7.02. The van der Waals surface area contributed by atoms with E-state index in [4.69, 9.17) is 4.42 Å². The Bertz CT molecular complexity index is 809. The van der Waals surface area contributed by atoms with Crippen LogP contribution in [0.4, 0.5) is 4.39 Å². The third-order valence-electron chi connectivity index (χ3n) is 3.37. The van der Waals surface area contributed by atoms with Crippen molar-refractivity contribution in [2.45, 2.75) is 13.3 Å². The van der Waals surface area contributed by atoms with Crippen LogP contribution in [0.2, 0.25) is 0 Å². The van der Waals surface area contributed by atoms with E-state index in [2.05, 4.69) is 10.3 Å². The first kappa shape index (κ1) is 14.3. The number of hydrogen-bond donors (Lipinski definition) is 1. The molecule has 0 atom stereocenters. The Kier molecular flexibility index (Phi) is 3.87. The fraction of sp³-hybridized carbons (Fsp3) is 0.176. The highest BCUT2D eigenvalue weighted by molar-refractivity contribution is 5.94. The summed E-state index contributed by atoms with van der Waals surface area (Å²) < 4.78 is 18.3. The summed E-state index contributed by atoms with van der Waals surface area (Å²) in [4.78, 5) is 16.1. The van der Waals surface area contributed by atoms with Gasteiger partial charge < -0.3 is 9.73 Å². The largest absolute Gasteiger partial charge is 0.441 e. The predicted octanol–water partition coefficient (Wildman–Crippen LogP) is 3.25. The van der Waals surface area contributed by atoms with Crippen LogP contribution >= 0.6 is 0 Å². The van der Waals surface area contributed by atoms with Crippen molar-refractivity contribution in [3.8, 4) is 0 Å². The van der Waals surface area contributed by atoms with E-state index < -0.39 is 0 Å². The molecule has 0 saturated heterocycles. The highest BCUT2D eigenvalue weighted by Gasteiger charge is 2.06. The van der Waals surface area contributed by atoms with Gasteiger partial charge in [0.15, 0.2) is 11.5 Å². The number of carbonyl (C=O) groups excluding carboxylic acids is 1. The first-order valence-electron chi connectivity index (χ1n) is 7.02. The summed E-state index contributed by atoms with van der Waals surface area (Å²) in [6, 6.07) is 11.3. The lowest BCUT2D eigenvalue weighted by atomic mass is 10.1. The molecule has 4 nitrogen and oxygen atoms in total. The molecule has 3 aromatic rings. The number of oxazole rings is 1. The Morgan fingerprint density at radius 2 is 2.00 bits per heavy atom. The van der Waals surface area contributed by atoms with E-state index in [1.54, 1.807) is 0 Å². The van der Waals surface area contributed by atoms with Gasteiger partial charge in [-0.15, -0.1) is 0 Å². The van der Waals surface area contributed by atoms with Crippen LogP contribution in [0.1, 0.15) is 21.8 Å². The van der Waals surface area contributed by atoms with Crippen molar-refractivity contribution in [1.29, 1.82) is 0 Å². The van der Waals surface area contributed by atoms with Gasteiger partial charge in [-0.2, -0.15) is 0 Å². The average Bonchev–Trinajstić information content (AvgIpc) is 2.87. The molecule has 5 heteroatoms. The molecule has 1 aromatic heterocycles. The fourth-order valence-electron chi connectivity index (χ4n) is 2.26. The van der Waals surface area contributed by atoms with E-state index in [1.165, 1.54) is 24.3 Å². The highest BCUT2D eigenvalue weighted by atomic mass is 19.1. The lowest BCUT2D eigenvalue weighted by Gasteiger charge is -2.05. The molecule has 0 saturated carbocycles. The Labute approximate surface area is 127 Å². The van der Waals surface area contributed by atoms with Crippen LogP contribution in [0.25, 0.3) is 11.1 Å². The molecular formula is C17H15FN2O2. The second-order valence-electron chi connectivity index (χ2n) is 5.05. The lowest BCUT2D eigenvalue weighted by Crippen LogP contribution is -2.25. The quantitative estimate of drug-likeness (QED) is 0.804. The lowest BCUT2D eigenvalue weighted by molar-refractivity contribution is 0.0954. The number of fused-ring (bicyclic) bond motifs is 1. The molecule has 0 radical (unpaired) electrons. The monoisotopic (exact) mass is 298 g/mol. The van der Waals surface area contributed by atoms with E-state index in [0.717, 1.165) is 16.7 Å². The molecule has 0 fully saturated rings. The number of aromatic nitrogens is 1. The van der Waals surface area contributed by atoms with Crippen molar-refractivity contribution in [2.24, 2.45) is 0 Å². The van der Waals surface area contributed by atoms with Crippen molar-refractivity contribution >= 4 is 17.0 Å². The molecule has 0 aliphatic carbocycles. The number of amides is 1. The zero-order valence-corrected chi connectivity index (χ0v) is 12.1. The van der Waals surface area contributed by atoms with Gasteiger partial charge in [-0.25, -0.2) is 9.37 Å². The summed E-state index contributed by atoms with van der Waals surface area (Å²) in [5.41, 5.74) is 3.09. The summed E-state index contributed by atoms with van der Waals surface area (Å²) in [7, 11) is 0. The van der Waals surface area contributed by atoms with Crippen molar-refractivity contribution in [3.05, 3.63) is 65.3 Å². The number of carbonyl (C=O) groups is 1. The molecule has 0 spiro atoms. The number of nitrogens with zero attached hydrogens (tertiary/aromatic N) is 1. The summed E-state index contributed by atoms with van der Waals surface area (Å²) in [6.45, 7) is 2.30. The molecule has 3 rings (SSSR count). The second-order valence-corrected chi connectivity index (χ2v) is 5.05. The standard InChI is InChI=1S/C17H15FN2O2/c1-11-20-15-7-2-12(10-16(15)22-11)8-9-19-17(21)13-3-5-14(18)6-4-13/h2-7,10H,8-9H2,1H3,(H,19,21). The van der Waals surface area contributed by atoms with E-state index >= 15 is 0 Å². The minimum atomic E-state index is -0.354. The normalized spacial score (nSPS) is 10.8. The van der Waals surface area contributed by atoms with Crippen LogP contribution in [0.15, 0.2) is 46.9 Å². The predicted molar refractivity (Wildman–Crippen MR) is 81.2 cm³/mol. The molecule has 0 aliphatic heterocycles. The van der Waals surface area contributed by atoms with Gasteiger partial charge in [0.1, 0.15) is 11.3 Å². The van der Waals surface area contributed by atoms with E-state index in [9.17, 15) is 9.18 Å². The molecule has 0 unspecified atom stereocenters. The van der Waals surface area contributed by atoms with Crippen LogP contribution in [-0.4, -0.2) is 17.4 Å². The summed E-state index contributed by atoms with van der Waals surface area (Å²) in [5.74, 6) is 0.0700. The molecule has 1 amide bonds. The van der Waals surface area contributed by atoms with Crippen molar-refractivity contribution in [2.75, 3.05) is 6.54 Å². The zero-order valence-electron chi connectivity index (χ0n) is 12.1. The number of hydrogen-bond acceptors (Lipinski definition) is 3. The van der Waals surface area contributed by atoms with Crippen molar-refractivity contribution in [3.63, 3.8) is 0 Å². The summed E-state index contributed by atoms with van der Waals surface area (Å²) in [6.07, 6.45) is 0.683. The summed E-state index contributed by atoms with van der Waals surface area (Å²) >= 11 is 0. The topological polar surface area (TPSA) is 55.1 Å². The number of rotatable bonds is 4. The van der Waals surface area contributed by atoms with Crippen LogP contribution in [0.5, 0.6) is 0 Å². The maximum atomic E-state index is 12.8. The minimum absolute atomic E-state index is 0.211. The molecule has 0 aliphatic rings. The Morgan fingerprint density at radius 3 is 2.77 bits per heavy atom. The molecule has 0 bridgehead atoms. The second kappa shape index (κ2) is 5.97. The van der Waals surface area contributed by atoms with E-state index in [0.29, 0.717) is 24.4 Å². The van der Waals surface area contributed by atoms with Crippen LogP contribution < -0.4 is 5.32 Å². The van der Waals surface area contributed by atoms with Gasteiger partial charge in [-0.05, 0) is 48.4 Å². The SMILES string of the molecule is Cc1nc2ccc(CCNC(=O)c3ccc(F)cc3)cc2o1. The Hall–Kier alpha value is -2.69. The van der Waals surface area contributed by atoms with E-state index in [1.807, 2.05) is 25.1 Å². The van der Waals surface area contributed by atoms with E-state index in [-0.39, 0.29) is 11.7 Å². The van der Waals surface area contributed by atoms with Gasteiger partial charge in [0, 0.05) is 19.0 Å². The summed E-state index contributed by atoms with van der Waals surface area (Å²) in [5, 5.41) is 2.81. The molecule has 112 valence electrons. The smallest absolute Gasteiger partial charge is 0.251 e. The minimum Gasteiger partial charge on any atom is -0.441 e. The number of aryl methyl sites for hydroxylation is 1. The maximum absolute atomic E-state index is 12.8.